The van der Waals surface area contributed by atoms with E-state index in [9.17, 15) is 9.90 Å². The van der Waals surface area contributed by atoms with E-state index in [0.717, 1.165) is 18.4 Å². The Morgan fingerprint density at radius 1 is 1.43 bits per heavy atom. The average Bonchev–Trinajstić information content (AvgIpc) is 2.49. The van der Waals surface area contributed by atoms with Crippen molar-refractivity contribution in [3.63, 3.8) is 0 Å². The second kappa shape index (κ2) is 6.91. The number of anilines is 1. The van der Waals surface area contributed by atoms with Gasteiger partial charge in [-0.25, -0.2) is 0 Å². The normalized spacial score (nSPS) is 19.1. The van der Waals surface area contributed by atoms with Crippen LogP contribution in [0.15, 0.2) is 18.2 Å². The van der Waals surface area contributed by atoms with Gasteiger partial charge in [-0.05, 0) is 30.5 Å². The first kappa shape index (κ1) is 15.8. The number of carbonyl (C=O) groups is 1. The van der Waals surface area contributed by atoms with Crippen LogP contribution in [0, 0.1) is 0 Å². The minimum atomic E-state index is -0.473. The molecule has 1 aromatic carbocycles. The number of rotatable bonds is 6. The topological polar surface area (TPSA) is 75.8 Å². The SMILES string of the molecule is CCCC(N)c1ccc2c(c1)N(CCO)C(=O)C(CC)O2. The van der Waals surface area contributed by atoms with Gasteiger partial charge in [-0.2, -0.15) is 0 Å². The lowest BCUT2D eigenvalue weighted by molar-refractivity contribution is -0.126. The number of aliphatic hydroxyl groups is 1. The number of β-amino-alcohol motifs (C(OH)–C–C–N with tert-alkyl or cyclic N) is 1. The van der Waals surface area contributed by atoms with Crippen LogP contribution in [0.4, 0.5) is 5.69 Å². The van der Waals surface area contributed by atoms with Gasteiger partial charge in [0.05, 0.1) is 12.3 Å². The fourth-order valence-electron chi connectivity index (χ4n) is 2.64. The summed E-state index contributed by atoms with van der Waals surface area (Å²) in [5.41, 5.74) is 7.85. The molecule has 1 aliphatic heterocycles. The Morgan fingerprint density at radius 2 is 2.19 bits per heavy atom. The number of ether oxygens (including phenoxy) is 1. The zero-order chi connectivity index (χ0) is 15.4. The van der Waals surface area contributed by atoms with E-state index in [2.05, 4.69) is 6.92 Å². The molecule has 0 saturated carbocycles. The van der Waals surface area contributed by atoms with Gasteiger partial charge in [0.1, 0.15) is 5.75 Å². The van der Waals surface area contributed by atoms with E-state index in [-0.39, 0.29) is 25.1 Å². The molecule has 2 rings (SSSR count). The molecular weight excluding hydrogens is 268 g/mol. The fraction of sp³-hybridized carbons (Fsp3) is 0.562. The van der Waals surface area contributed by atoms with Crippen LogP contribution in [-0.4, -0.2) is 30.3 Å². The first-order valence-corrected chi connectivity index (χ1v) is 7.60. The molecule has 0 saturated heterocycles. The minimum absolute atomic E-state index is 0.0460. The van der Waals surface area contributed by atoms with Crippen molar-refractivity contribution in [1.29, 1.82) is 0 Å². The van der Waals surface area contributed by atoms with Crippen molar-refractivity contribution in [3.8, 4) is 5.75 Å². The molecule has 2 unspecified atom stereocenters. The molecule has 0 aliphatic carbocycles. The summed E-state index contributed by atoms with van der Waals surface area (Å²) in [6, 6.07) is 5.70. The van der Waals surface area contributed by atoms with E-state index in [1.807, 2.05) is 25.1 Å². The van der Waals surface area contributed by atoms with Gasteiger partial charge in [0, 0.05) is 12.6 Å². The molecule has 0 bridgehead atoms. The highest BCUT2D eigenvalue weighted by Gasteiger charge is 2.33. The van der Waals surface area contributed by atoms with Crippen molar-refractivity contribution in [3.05, 3.63) is 23.8 Å². The van der Waals surface area contributed by atoms with Crippen LogP contribution in [-0.2, 0) is 4.79 Å². The zero-order valence-electron chi connectivity index (χ0n) is 12.7. The molecule has 3 N–H and O–H groups in total. The number of hydrogen-bond acceptors (Lipinski definition) is 4. The number of hydrogen-bond donors (Lipinski definition) is 2. The van der Waals surface area contributed by atoms with Gasteiger partial charge in [0.25, 0.3) is 5.91 Å². The number of nitrogens with zero attached hydrogens (tertiary/aromatic N) is 1. The Morgan fingerprint density at radius 3 is 2.81 bits per heavy atom. The zero-order valence-corrected chi connectivity index (χ0v) is 12.7. The van der Waals surface area contributed by atoms with Crippen LogP contribution in [0.2, 0.25) is 0 Å². The summed E-state index contributed by atoms with van der Waals surface area (Å²) in [6.07, 6.45) is 2.04. The highest BCUT2D eigenvalue weighted by molar-refractivity contribution is 6.00. The van der Waals surface area contributed by atoms with Gasteiger partial charge in [-0.3, -0.25) is 4.79 Å². The quantitative estimate of drug-likeness (QED) is 0.840. The van der Waals surface area contributed by atoms with Crippen molar-refractivity contribution in [2.45, 2.75) is 45.3 Å². The van der Waals surface area contributed by atoms with Gasteiger partial charge < -0.3 is 20.5 Å². The van der Waals surface area contributed by atoms with E-state index >= 15 is 0 Å². The third-order valence-corrected chi connectivity index (χ3v) is 3.81. The van der Waals surface area contributed by atoms with E-state index in [4.69, 9.17) is 10.5 Å². The maximum Gasteiger partial charge on any atom is 0.268 e. The molecule has 0 aromatic heterocycles. The second-order valence-corrected chi connectivity index (χ2v) is 5.35. The molecule has 0 radical (unpaired) electrons. The molecule has 0 spiro atoms. The molecule has 1 amide bonds. The summed E-state index contributed by atoms with van der Waals surface area (Å²) in [5, 5.41) is 9.22. The Hall–Kier alpha value is -1.59. The lowest BCUT2D eigenvalue weighted by atomic mass is 10.0. The van der Waals surface area contributed by atoms with Gasteiger partial charge in [0.15, 0.2) is 6.10 Å². The average molecular weight is 292 g/mol. The number of fused-ring (bicyclic) bond motifs is 1. The van der Waals surface area contributed by atoms with Crippen molar-refractivity contribution in [2.24, 2.45) is 5.73 Å². The van der Waals surface area contributed by atoms with Gasteiger partial charge in [-0.1, -0.05) is 26.3 Å². The van der Waals surface area contributed by atoms with Crippen LogP contribution in [0.1, 0.15) is 44.7 Å². The van der Waals surface area contributed by atoms with Gasteiger partial charge in [0.2, 0.25) is 0 Å². The smallest absolute Gasteiger partial charge is 0.268 e. The fourth-order valence-corrected chi connectivity index (χ4v) is 2.64. The van der Waals surface area contributed by atoms with Crippen molar-refractivity contribution in [1.82, 2.24) is 0 Å². The lowest BCUT2D eigenvalue weighted by Crippen LogP contribution is -2.46. The minimum Gasteiger partial charge on any atom is -0.478 e. The monoisotopic (exact) mass is 292 g/mol. The Bertz CT molecular complexity index is 504. The first-order valence-electron chi connectivity index (χ1n) is 7.60. The Labute approximate surface area is 125 Å². The standard InChI is InChI=1S/C16H24N2O3/c1-3-5-12(17)11-6-7-15-13(10-11)18(8-9-19)16(20)14(4-2)21-15/h6-7,10,12,14,19H,3-5,8-9,17H2,1-2H3. The molecule has 5 heteroatoms. The van der Waals surface area contributed by atoms with Crippen LogP contribution in [0.5, 0.6) is 5.75 Å². The summed E-state index contributed by atoms with van der Waals surface area (Å²) in [4.78, 5) is 14.0. The van der Waals surface area contributed by atoms with Crippen LogP contribution in [0.25, 0.3) is 0 Å². The molecule has 1 aromatic rings. The lowest BCUT2D eigenvalue weighted by Gasteiger charge is -2.34. The molecule has 21 heavy (non-hydrogen) atoms. The number of nitrogens with two attached hydrogens (primary N) is 1. The van der Waals surface area contributed by atoms with E-state index in [0.29, 0.717) is 17.9 Å². The summed E-state index contributed by atoms with van der Waals surface area (Å²) >= 11 is 0. The maximum absolute atomic E-state index is 12.4. The largest absolute Gasteiger partial charge is 0.478 e. The van der Waals surface area contributed by atoms with Crippen molar-refractivity contribution in [2.75, 3.05) is 18.1 Å². The van der Waals surface area contributed by atoms with Gasteiger partial charge >= 0.3 is 0 Å². The van der Waals surface area contributed by atoms with Gasteiger partial charge in [-0.15, -0.1) is 0 Å². The molecular formula is C16H24N2O3. The highest BCUT2D eigenvalue weighted by atomic mass is 16.5. The molecule has 116 valence electrons. The summed E-state index contributed by atoms with van der Waals surface area (Å²) in [7, 11) is 0. The Kier molecular flexibility index (Phi) is 5.20. The van der Waals surface area contributed by atoms with Crippen LogP contribution in [0.3, 0.4) is 0 Å². The second-order valence-electron chi connectivity index (χ2n) is 5.35. The highest BCUT2D eigenvalue weighted by Crippen LogP contribution is 2.36. The van der Waals surface area contributed by atoms with Crippen LogP contribution >= 0.6 is 0 Å². The predicted octanol–water partition coefficient (Wildman–Crippen LogP) is 1.98. The van der Waals surface area contributed by atoms with E-state index in [1.165, 1.54) is 0 Å². The molecule has 5 nitrogen and oxygen atoms in total. The number of amides is 1. The molecule has 0 fully saturated rings. The van der Waals surface area contributed by atoms with Crippen LogP contribution < -0.4 is 15.4 Å². The maximum atomic E-state index is 12.4. The third kappa shape index (κ3) is 3.19. The number of benzene rings is 1. The van der Waals surface area contributed by atoms with Crippen molar-refractivity contribution < 1.29 is 14.6 Å². The number of carbonyl (C=O) groups excluding carboxylic acids is 1. The molecule has 2 atom stereocenters. The Balaban J connectivity index is 2.37. The van der Waals surface area contributed by atoms with E-state index < -0.39 is 6.10 Å². The van der Waals surface area contributed by atoms with E-state index in [1.54, 1.807) is 4.90 Å². The van der Waals surface area contributed by atoms with Crippen molar-refractivity contribution >= 4 is 11.6 Å². The summed E-state index contributed by atoms with van der Waals surface area (Å²) in [6.45, 7) is 4.20. The first-order chi connectivity index (χ1) is 10.1. The summed E-state index contributed by atoms with van der Waals surface area (Å²) in [5.74, 6) is 0.586. The summed E-state index contributed by atoms with van der Waals surface area (Å²) < 4.78 is 5.75. The number of aliphatic hydroxyl groups excluding tert-OH is 1. The molecule has 1 aliphatic rings. The molecule has 1 heterocycles. The predicted molar refractivity (Wildman–Crippen MR) is 82.4 cm³/mol. The third-order valence-electron chi connectivity index (χ3n) is 3.81.